The van der Waals surface area contributed by atoms with Crippen molar-refractivity contribution in [2.45, 2.75) is 19.4 Å². The molecule has 1 rings (SSSR count). The monoisotopic (exact) mass is 199 g/mol. The molecule has 0 spiro atoms. The fraction of sp³-hybridized carbons (Fsp3) is 0.778. The summed E-state index contributed by atoms with van der Waals surface area (Å²) < 4.78 is 0. The first-order valence-electron chi connectivity index (χ1n) is 4.77. The number of hydrogen-bond acceptors (Lipinski definition) is 3. The van der Waals surface area contributed by atoms with Crippen LogP contribution >= 0.6 is 0 Å². The van der Waals surface area contributed by atoms with E-state index in [1.807, 2.05) is 0 Å². The highest BCUT2D eigenvalue weighted by Gasteiger charge is 2.28. The van der Waals surface area contributed by atoms with Crippen LogP contribution in [-0.4, -0.2) is 54.3 Å². The Morgan fingerprint density at radius 2 is 2.21 bits per heavy atom. The average molecular weight is 199 g/mol. The minimum atomic E-state index is -0.0691. The molecule has 14 heavy (non-hydrogen) atoms. The number of nitrogens with zero attached hydrogens (tertiary/aromatic N) is 2. The molecule has 0 saturated carbocycles. The summed E-state index contributed by atoms with van der Waals surface area (Å²) in [5, 5.41) is 0. The van der Waals surface area contributed by atoms with Crippen molar-refractivity contribution in [3.05, 3.63) is 0 Å². The summed E-state index contributed by atoms with van der Waals surface area (Å²) in [4.78, 5) is 25.7. The first kappa shape index (κ1) is 11.0. The summed E-state index contributed by atoms with van der Waals surface area (Å²) in [6, 6.07) is 0.134. The van der Waals surface area contributed by atoms with Gasteiger partial charge in [0.2, 0.25) is 11.8 Å². The maximum Gasteiger partial charge on any atom is 0.236 e. The molecule has 0 radical (unpaired) electrons. The lowest BCUT2D eigenvalue weighted by atomic mass is 10.2. The van der Waals surface area contributed by atoms with Gasteiger partial charge in [-0.15, -0.1) is 0 Å². The van der Waals surface area contributed by atoms with Crippen LogP contribution in [0, 0.1) is 0 Å². The first-order chi connectivity index (χ1) is 6.56. The Bertz CT molecular complexity index is 242. The van der Waals surface area contributed by atoms with Gasteiger partial charge in [-0.25, -0.2) is 0 Å². The van der Waals surface area contributed by atoms with Crippen molar-refractivity contribution in [2.24, 2.45) is 5.73 Å². The smallest absolute Gasteiger partial charge is 0.236 e. The van der Waals surface area contributed by atoms with Gasteiger partial charge < -0.3 is 15.5 Å². The van der Waals surface area contributed by atoms with Crippen molar-refractivity contribution in [3.63, 3.8) is 0 Å². The Balaban J connectivity index is 2.49. The van der Waals surface area contributed by atoms with Crippen molar-refractivity contribution in [2.75, 3.05) is 26.7 Å². The number of hydrogen-bond donors (Lipinski definition) is 1. The molecule has 0 aromatic carbocycles. The van der Waals surface area contributed by atoms with E-state index in [0.717, 1.165) is 13.0 Å². The summed E-state index contributed by atoms with van der Waals surface area (Å²) in [7, 11) is 1.74. The van der Waals surface area contributed by atoms with E-state index in [1.165, 1.54) is 0 Å². The normalized spacial score (nSPS) is 21.1. The van der Waals surface area contributed by atoms with Crippen LogP contribution in [0.15, 0.2) is 0 Å². The lowest BCUT2D eigenvalue weighted by molar-refractivity contribution is -0.132. The molecule has 1 saturated heterocycles. The van der Waals surface area contributed by atoms with Gasteiger partial charge in [-0.05, 0) is 6.42 Å². The Morgan fingerprint density at radius 3 is 2.64 bits per heavy atom. The van der Waals surface area contributed by atoms with Crippen LogP contribution in [0.4, 0.5) is 0 Å². The SMILES string of the molecule is CC(=O)N1CCC(N(C)C(=O)CN)C1. The molecule has 80 valence electrons. The van der Waals surface area contributed by atoms with E-state index >= 15 is 0 Å². The van der Waals surface area contributed by atoms with Gasteiger partial charge in [0.1, 0.15) is 0 Å². The van der Waals surface area contributed by atoms with Gasteiger partial charge in [0.05, 0.1) is 12.6 Å². The van der Waals surface area contributed by atoms with E-state index < -0.39 is 0 Å². The van der Waals surface area contributed by atoms with Crippen LogP contribution in [0.25, 0.3) is 0 Å². The van der Waals surface area contributed by atoms with Crippen LogP contribution in [0.1, 0.15) is 13.3 Å². The van der Waals surface area contributed by atoms with E-state index in [1.54, 1.807) is 23.8 Å². The molecule has 1 aliphatic rings. The second-order valence-corrected chi connectivity index (χ2v) is 3.62. The zero-order valence-electron chi connectivity index (χ0n) is 8.69. The number of carbonyl (C=O) groups is 2. The molecule has 1 fully saturated rings. The number of nitrogens with two attached hydrogens (primary N) is 1. The van der Waals surface area contributed by atoms with Gasteiger partial charge in [0, 0.05) is 27.1 Å². The summed E-state index contributed by atoms with van der Waals surface area (Å²) in [5.74, 6) is 0.00139. The van der Waals surface area contributed by atoms with Crippen molar-refractivity contribution in [3.8, 4) is 0 Å². The van der Waals surface area contributed by atoms with E-state index in [2.05, 4.69) is 0 Å². The topological polar surface area (TPSA) is 66.6 Å². The zero-order chi connectivity index (χ0) is 10.7. The number of likely N-dealkylation sites (tertiary alicyclic amines) is 1. The van der Waals surface area contributed by atoms with Crippen molar-refractivity contribution < 1.29 is 9.59 Å². The van der Waals surface area contributed by atoms with Crippen molar-refractivity contribution in [1.29, 1.82) is 0 Å². The van der Waals surface area contributed by atoms with Crippen molar-refractivity contribution >= 4 is 11.8 Å². The molecule has 0 aromatic heterocycles. The summed E-state index contributed by atoms with van der Waals surface area (Å²) >= 11 is 0. The van der Waals surface area contributed by atoms with Crippen LogP contribution < -0.4 is 5.73 Å². The van der Waals surface area contributed by atoms with Gasteiger partial charge in [-0.1, -0.05) is 0 Å². The minimum absolute atomic E-state index is 0.0348. The first-order valence-corrected chi connectivity index (χ1v) is 4.77. The second kappa shape index (κ2) is 4.41. The predicted octanol–water partition coefficient (Wildman–Crippen LogP) is -0.976. The van der Waals surface area contributed by atoms with Gasteiger partial charge >= 0.3 is 0 Å². The molecular formula is C9H17N3O2. The van der Waals surface area contributed by atoms with Gasteiger partial charge in [0.25, 0.3) is 0 Å². The third-order valence-corrected chi connectivity index (χ3v) is 2.72. The third kappa shape index (κ3) is 2.23. The molecule has 1 atom stereocenters. The second-order valence-electron chi connectivity index (χ2n) is 3.62. The number of amides is 2. The minimum Gasteiger partial charge on any atom is -0.341 e. The van der Waals surface area contributed by atoms with Crippen LogP contribution in [-0.2, 0) is 9.59 Å². The highest BCUT2D eigenvalue weighted by atomic mass is 16.2. The van der Waals surface area contributed by atoms with E-state index in [4.69, 9.17) is 5.73 Å². The lowest BCUT2D eigenvalue weighted by Crippen LogP contribution is -2.42. The summed E-state index contributed by atoms with van der Waals surface area (Å²) in [6.07, 6.45) is 0.849. The molecule has 1 aliphatic heterocycles. The highest BCUT2D eigenvalue weighted by Crippen LogP contribution is 2.14. The van der Waals surface area contributed by atoms with Gasteiger partial charge in [0.15, 0.2) is 0 Å². The maximum atomic E-state index is 11.3. The van der Waals surface area contributed by atoms with E-state index in [9.17, 15) is 9.59 Å². The van der Waals surface area contributed by atoms with Crippen LogP contribution in [0.3, 0.4) is 0 Å². The maximum absolute atomic E-state index is 11.3. The van der Waals surface area contributed by atoms with Gasteiger partial charge in [-0.2, -0.15) is 0 Å². The number of rotatable bonds is 2. The Kier molecular flexibility index (Phi) is 3.46. The molecule has 1 unspecified atom stereocenters. The quantitative estimate of drug-likeness (QED) is 0.622. The predicted molar refractivity (Wildman–Crippen MR) is 52.5 cm³/mol. The van der Waals surface area contributed by atoms with E-state index in [0.29, 0.717) is 6.54 Å². The van der Waals surface area contributed by atoms with Crippen LogP contribution in [0.5, 0.6) is 0 Å². The molecule has 0 aliphatic carbocycles. The van der Waals surface area contributed by atoms with E-state index in [-0.39, 0.29) is 24.4 Å². The molecule has 1 heterocycles. The highest BCUT2D eigenvalue weighted by molar-refractivity contribution is 5.78. The number of likely N-dealkylation sites (N-methyl/N-ethyl adjacent to an activating group) is 1. The average Bonchev–Trinajstić information content (AvgIpc) is 2.64. The fourth-order valence-electron chi connectivity index (χ4n) is 1.69. The largest absolute Gasteiger partial charge is 0.341 e. The zero-order valence-corrected chi connectivity index (χ0v) is 8.69. The Hall–Kier alpha value is -1.10. The molecular weight excluding hydrogens is 182 g/mol. The summed E-state index contributed by atoms with van der Waals surface area (Å²) in [6.45, 7) is 2.96. The lowest BCUT2D eigenvalue weighted by Gasteiger charge is -2.24. The molecule has 0 aromatic rings. The molecule has 2 N–H and O–H groups in total. The van der Waals surface area contributed by atoms with Crippen molar-refractivity contribution in [1.82, 2.24) is 9.80 Å². The molecule has 2 amide bonds. The molecule has 0 bridgehead atoms. The van der Waals surface area contributed by atoms with Crippen LogP contribution in [0.2, 0.25) is 0 Å². The molecule has 5 heteroatoms. The number of carbonyl (C=O) groups excluding carboxylic acids is 2. The molecule has 5 nitrogen and oxygen atoms in total. The fourth-order valence-corrected chi connectivity index (χ4v) is 1.69. The third-order valence-electron chi connectivity index (χ3n) is 2.72. The standard InChI is InChI=1S/C9H17N3O2/c1-7(13)12-4-3-8(6-12)11(2)9(14)5-10/h8H,3-6,10H2,1-2H3. The summed E-state index contributed by atoms with van der Waals surface area (Å²) in [5.41, 5.74) is 5.26. The Labute approximate surface area is 83.8 Å². The Morgan fingerprint density at radius 1 is 1.57 bits per heavy atom. The van der Waals surface area contributed by atoms with Gasteiger partial charge in [-0.3, -0.25) is 9.59 Å².